The molecule has 1 atom stereocenters. The molecule has 1 aromatic carbocycles. The molecule has 108 valence electrons. The number of hydrogen-bond donors (Lipinski definition) is 1. The summed E-state index contributed by atoms with van der Waals surface area (Å²) in [5.74, 6) is 0.769. The molecule has 0 spiro atoms. The van der Waals surface area contributed by atoms with Gasteiger partial charge >= 0.3 is 0 Å². The van der Waals surface area contributed by atoms with Gasteiger partial charge in [0.05, 0.1) is 0 Å². The minimum absolute atomic E-state index is 0.145. The highest BCUT2D eigenvalue weighted by atomic mass is 15.1. The topological polar surface area (TPSA) is 29.3 Å². The van der Waals surface area contributed by atoms with Crippen molar-refractivity contribution in [3.8, 4) is 0 Å². The van der Waals surface area contributed by atoms with E-state index in [9.17, 15) is 0 Å². The number of rotatable bonds is 8. The van der Waals surface area contributed by atoms with Gasteiger partial charge in [0.1, 0.15) is 0 Å². The normalized spacial score (nSPS) is 12.7. The number of benzene rings is 1. The fraction of sp³-hybridized carbons (Fsp3) is 0.647. The largest absolute Gasteiger partial charge is 0.371 e. The SMILES string of the molecule is CCC(CC)CN(CC)c1ccccc1[C@@H](N)CC. The van der Waals surface area contributed by atoms with E-state index in [0.29, 0.717) is 0 Å². The van der Waals surface area contributed by atoms with E-state index in [0.717, 1.165) is 25.4 Å². The van der Waals surface area contributed by atoms with Crippen molar-refractivity contribution < 1.29 is 0 Å². The zero-order chi connectivity index (χ0) is 14.3. The molecule has 0 unspecified atom stereocenters. The molecule has 0 aliphatic rings. The summed E-state index contributed by atoms with van der Waals surface area (Å²) in [4.78, 5) is 2.49. The van der Waals surface area contributed by atoms with Crippen molar-refractivity contribution in [1.82, 2.24) is 0 Å². The highest BCUT2D eigenvalue weighted by Crippen LogP contribution is 2.28. The first-order valence-electron chi connectivity index (χ1n) is 7.77. The molecule has 0 amide bonds. The minimum atomic E-state index is 0.145. The van der Waals surface area contributed by atoms with Crippen LogP contribution in [0.4, 0.5) is 5.69 Å². The Morgan fingerprint density at radius 3 is 2.16 bits per heavy atom. The first-order valence-corrected chi connectivity index (χ1v) is 7.77. The Bertz CT molecular complexity index is 358. The third-order valence-corrected chi connectivity index (χ3v) is 4.13. The van der Waals surface area contributed by atoms with E-state index in [1.807, 2.05) is 0 Å². The minimum Gasteiger partial charge on any atom is -0.371 e. The lowest BCUT2D eigenvalue weighted by atomic mass is 9.99. The molecule has 0 saturated heterocycles. The molecule has 1 rings (SSSR count). The first-order chi connectivity index (χ1) is 9.17. The molecular formula is C17H30N2. The van der Waals surface area contributed by atoms with Gasteiger partial charge in [0.2, 0.25) is 0 Å². The summed E-state index contributed by atoms with van der Waals surface area (Å²) in [6.45, 7) is 11.1. The van der Waals surface area contributed by atoms with E-state index in [1.54, 1.807) is 0 Å². The van der Waals surface area contributed by atoms with Gasteiger partial charge in [-0.3, -0.25) is 0 Å². The summed E-state index contributed by atoms with van der Waals surface area (Å²) in [6.07, 6.45) is 3.48. The molecule has 2 nitrogen and oxygen atoms in total. The van der Waals surface area contributed by atoms with Gasteiger partial charge in [0.25, 0.3) is 0 Å². The predicted octanol–water partition coefficient (Wildman–Crippen LogP) is 4.36. The summed E-state index contributed by atoms with van der Waals surface area (Å²) >= 11 is 0. The average molecular weight is 262 g/mol. The van der Waals surface area contributed by atoms with Gasteiger partial charge in [-0.25, -0.2) is 0 Å². The Morgan fingerprint density at radius 1 is 1.00 bits per heavy atom. The average Bonchev–Trinajstić information content (AvgIpc) is 2.48. The molecule has 1 aromatic rings. The van der Waals surface area contributed by atoms with Crippen molar-refractivity contribution in [3.63, 3.8) is 0 Å². The van der Waals surface area contributed by atoms with Crippen LogP contribution in [0.5, 0.6) is 0 Å². The van der Waals surface area contributed by atoms with Crippen LogP contribution in [0.15, 0.2) is 24.3 Å². The van der Waals surface area contributed by atoms with Crippen molar-refractivity contribution in [2.75, 3.05) is 18.0 Å². The van der Waals surface area contributed by atoms with Crippen LogP contribution < -0.4 is 10.6 Å². The first kappa shape index (κ1) is 16.0. The van der Waals surface area contributed by atoms with Crippen LogP contribution in [0.3, 0.4) is 0 Å². The zero-order valence-electron chi connectivity index (χ0n) is 13.0. The van der Waals surface area contributed by atoms with Crippen molar-refractivity contribution in [2.45, 2.75) is 53.0 Å². The number of nitrogens with zero attached hydrogens (tertiary/aromatic N) is 1. The molecular weight excluding hydrogens is 232 g/mol. The van der Waals surface area contributed by atoms with Crippen molar-refractivity contribution in [1.29, 1.82) is 0 Å². The summed E-state index contributed by atoms with van der Waals surface area (Å²) in [7, 11) is 0. The van der Waals surface area contributed by atoms with Gasteiger partial charge in [0.15, 0.2) is 0 Å². The molecule has 19 heavy (non-hydrogen) atoms. The Balaban J connectivity index is 2.97. The third kappa shape index (κ3) is 4.24. The lowest BCUT2D eigenvalue weighted by molar-refractivity contribution is 0.485. The zero-order valence-corrected chi connectivity index (χ0v) is 13.0. The third-order valence-electron chi connectivity index (χ3n) is 4.13. The number of hydrogen-bond acceptors (Lipinski definition) is 2. The maximum Gasteiger partial charge on any atom is 0.0414 e. The summed E-state index contributed by atoms with van der Waals surface area (Å²) in [5.41, 5.74) is 8.87. The second kappa shape index (κ2) is 8.21. The molecule has 0 aliphatic carbocycles. The van der Waals surface area contributed by atoms with Crippen molar-refractivity contribution in [2.24, 2.45) is 11.7 Å². The van der Waals surface area contributed by atoms with E-state index in [2.05, 4.69) is 56.9 Å². The second-order valence-electron chi connectivity index (χ2n) is 5.29. The fourth-order valence-electron chi connectivity index (χ4n) is 2.57. The monoisotopic (exact) mass is 262 g/mol. The Hall–Kier alpha value is -1.02. The Labute approximate surface area is 119 Å². The van der Waals surface area contributed by atoms with Crippen LogP contribution in [0.25, 0.3) is 0 Å². The highest BCUT2D eigenvalue weighted by Gasteiger charge is 2.16. The Kier molecular flexibility index (Phi) is 6.93. The van der Waals surface area contributed by atoms with Gasteiger partial charge in [-0.1, -0.05) is 51.8 Å². The van der Waals surface area contributed by atoms with Gasteiger partial charge in [-0.2, -0.15) is 0 Å². The van der Waals surface area contributed by atoms with Crippen LogP contribution in [0.1, 0.15) is 58.6 Å². The van der Waals surface area contributed by atoms with Crippen molar-refractivity contribution in [3.05, 3.63) is 29.8 Å². The fourth-order valence-corrected chi connectivity index (χ4v) is 2.57. The quantitative estimate of drug-likeness (QED) is 0.754. The molecule has 0 bridgehead atoms. The van der Waals surface area contributed by atoms with Gasteiger partial charge in [-0.05, 0) is 30.9 Å². The maximum atomic E-state index is 6.26. The molecule has 0 fully saturated rings. The number of para-hydroxylation sites is 1. The van der Waals surface area contributed by atoms with Crippen LogP contribution in [0.2, 0.25) is 0 Å². The van der Waals surface area contributed by atoms with E-state index in [1.165, 1.54) is 24.1 Å². The molecule has 0 heterocycles. The maximum absolute atomic E-state index is 6.26. The highest BCUT2D eigenvalue weighted by molar-refractivity contribution is 5.55. The van der Waals surface area contributed by atoms with Gasteiger partial charge < -0.3 is 10.6 Å². The van der Waals surface area contributed by atoms with E-state index in [4.69, 9.17) is 5.73 Å². The predicted molar refractivity (Wildman–Crippen MR) is 85.6 cm³/mol. The van der Waals surface area contributed by atoms with Crippen molar-refractivity contribution >= 4 is 5.69 Å². The van der Waals surface area contributed by atoms with Crippen LogP contribution in [-0.2, 0) is 0 Å². The lowest BCUT2D eigenvalue weighted by Crippen LogP contribution is -2.30. The summed E-state index contributed by atoms with van der Waals surface area (Å²) in [5, 5.41) is 0. The summed E-state index contributed by atoms with van der Waals surface area (Å²) in [6, 6.07) is 8.76. The molecule has 0 aromatic heterocycles. The second-order valence-corrected chi connectivity index (χ2v) is 5.29. The molecule has 2 N–H and O–H groups in total. The molecule has 2 heteroatoms. The van der Waals surface area contributed by atoms with Crippen LogP contribution in [-0.4, -0.2) is 13.1 Å². The van der Waals surface area contributed by atoms with E-state index < -0.39 is 0 Å². The van der Waals surface area contributed by atoms with Crippen LogP contribution in [0, 0.1) is 5.92 Å². The number of anilines is 1. The van der Waals surface area contributed by atoms with Gasteiger partial charge in [-0.15, -0.1) is 0 Å². The molecule has 0 aliphatic heterocycles. The Morgan fingerprint density at radius 2 is 1.63 bits per heavy atom. The van der Waals surface area contributed by atoms with Crippen LogP contribution >= 0.6 is 0 Å². The standard InChI is InChI=1S/C17H30N2/c1-5-14(6-2)13-19(8-4)17-12-10-9-11-15(17)16(18)7-3/h9-12,14,16H,5-8,13,18H2,1-4H3/t16-/m0/s1. The molecule has 0 radical (unpaired) electrons. The summed E-state index contributed by atoms with van der Waals surface area (Å²) < 4.78 is 0. The van der Waals surface area contributed by atoms with E-state index >= 15 is 0 Å². The lowest BCUT2D eigenvalue weighted by Gasteiger charge is -2.30. The molecule has 0 saturated carbocycles. The van der Waals surface area contributed by atoms with E-state index in [-0.39, 0.29) is 6.04 Å². The van der Waals surface area contributed by atoms with Gasteiger partial charge in [0, 0.05) is 24.8 Å². The smallest absolute Gasteiger partial charge is 0.0414 e. The number of nitrogens with two attached hydrogens (primary N) is 1.